The van der Waals surface area contributed by atoms with Crippen LogP contribution >= 0.6 is 0 Å². The number of carbonyl (C=O) groups excluding carboxylic acids is 2. The lowest BCUT2D eigenvalue weighted by Crippen LogP contribution is -2.46. The summed E-state index contributed by atoms with van der Waals surface area (Å²) in [6.07, 6.45) is 6.76. The number of nitrogens with two attached hydrogens (primary N) is 1. The predicted octanol–water partition coefficient (Wildman–Crippen LogP) is 2.40. The van der Waals surface area contributed by atoms with Crippen molar-refractivity contribution in [3.63, 3.8) is 0 Å². The standard InChI is InChI=1S/C24H26N10O2/c1-26-24(36)30-15-4-2-13(3-5-15)18-11-29-34-20(25)10-19(31-22(18)34)14-8-16-6-7-17(9-14)33(16)23(35)21-27-12-28-32-21/h2-5,10-12,14,16-17H,6-9,25H2,1H3,(H2,26,30,36)(H,27,28,32)/t14-,16+,17-. The molecule has 12 heteroatoms. The van der Waals surface area contributed by atoms with Crippen molar-refractivity contribution in [2.45, 2.75) is 43.7 Å². The van der Waals surface area contributed by atoms with Crippen molar-refractivity contribution in [3.05, 3.63) is 54.4 Å². The summed E-state index contributed by atoms with van der Waals surface area (Å²) < 4.78 is 1.65. The van der Waals surface area contributed by atoms with Crippen LogP contribution in [0.3, 0.4) is 0 Å². The quantitative estimate of drug-likeness (QED) is 0.345. The molecule has 0 spiro atoms. The summed E-state index contributed by atoms with van der Waals surface area (Å²) in [5, 5.41) is 17.4. The molecule has 6 rings (SSSR count). The van der Waals surface area contributed by atoms with Gasteiger partial charge in [-0.2, -0.15) is 9.61 Å². The van der Waals surface area contributed by atoms with Gasteiger partial charge in [-0.25, -0.2) is 9.78 Å². The minimum Gasteiger partial charge on any atom is -0.384 e. The van der Waals surface area contributed by atoms with Gasteiger partial charge < -0.3 is 26.3 Å². The number of nitrogens with one attached hydrogen (secondary N) is 3. The molecule has 184 valence electrons. The van der Waals surface area contributed by atoms with Crippen LogP contribution in [0.2, 0.25) is 0 Å². The Labute approximate surface area is 206 Å². The average molecular weight is 487 g/mol. The summed E-state index contributed by atoms with van der Waals surface area (Å²) >= 11 is 0. The van der Waals surface area contributed by atoms with E-state index in [1.54, 1.807) is 17.8 Å². The fourth-order valence-corrected chi connectivity index (χ4v) is 5.53. The van der Waals surface area contributed by atoms with E-state index in [9.17, 15) is 9.59 Å². The fourth-order valence-electron chi connectivity index (χ4n) is 5.53. The Morgan fingerprint density at radius 1 is 1.14 bits per heavy atom. The molecule has 3 amide bonds. The first kappa shape index (κ1) is 22.0. The lowest BCUT2D eigenvalue weighted by molar-refractivity contribution is 0.0557. The van der Waals surface area contributed by atoms with Crippen molar-refractivity contribution in [2.24, 2.45) is 0 Å². The van der Waals surface area contributed by atoms with Gasteiger partial charge in [-0.1, -0.05) is 12.1 Å². The third-order valence-electron chi connectivity index (χ3n) is 7.21. The topological polar surface area (TPSA) is 159 Å². The number of anilines is 2. The maximum atomic E-state index is 13.0. The average Bonchev–Trinajstić information content (AvgIpc) is 3.63. The molecule has 5 N–H and O–H groups in total. The molecule has 0 unspecified atom stereocenters. The number of amides is 3. The van der Waals surface area contributed by atoms with Crippen LogP contribution in [0, 0.1) is 0 Å². The number of rotatable bonds is 4. The first-order valence-corrected chi connectivity index (χ1v) is 11.9. The first-order valence-electron chi connectivity index (χ1n) is 11.9. The molecule has 2 saturated heterocycles. The van der Waals surface area contributed by atoms with Crippen LogP contribution in [-0.4, -0.2) is 65.7 Å². The second-order valence-electron chi connectivity index (χ2n) is 9.28. The second kappa shape index (κ2) is 8.63. The van der Waals surface area contributed by atoms with Crippen molar-refractivity contribution in [1.29, 1.82) is 0 Å². The van der Waals surface area contributed by atoms with Crippen LogP contribution in [0.25, 0.3) is 16.8 Å². The highest BCUT2D eigenvalue weighted by Crippen LogP contribution is 2.43. The Hall–Kier alpha value is -4.48. The van der Waals surface area contributed by atoms with Gasteiger partial charge in [0.25, 0.3) is 5.91 Å². The maximum Gasteiger partial charge on any atom is 0.318 e. The van der Waals surface area contributed by atoms with E-state index >= 15 is 0 Å². The van der Waals surface area contributed by atoms with Gasteiger partial charge in [0.1, 0.15) is 12.1 Å². The molecule has 1 aromatic carbocycles. The van der Waals surface area contributed by atoms with E-state index in [0.29, 0.717) is 17.2 Å². The highest BCUT2D eigenvalue weighted by Gasteiger charge is 2.45. The van der Waals surface area contributed by atoms with Gasteiger partial charge in [-0.05, 0) is 43.4 Å². The van der Waals surface area contributed by atoms with E-state index < -0.39 is 0 Å². The number of fused-ring (bicyclic) bond motifs is 3. The molecule has 0 aliphatic carbocycles. The summed E-state index contributed by atoms with van der Waals surface area (Å²) in [5.41, 5.74) is 10.5. The number of hydrogen-bond donors (Lipinski definition) is 4. The molecule has 5 heterocycles. The number of carbonyl (C=O) groups is 2. The zero-order valence-electron chi connectivity index (χ0n) is 19.7. The lowest BCUT2D eigenvalue weighted by atomic mass is 9.87. The number of H-pyrrole nitrogens is 1. The zero-order chi connectivity index (χ0) is 24.8. The summed E-state index contributed by atoms with van der Waals surface area (Å²) in [4.78, 5) is 34.4. The number of piperidine rings is 1. The van der Waals surface area contributed by atoms with Gasteiger partial charge in [0.15, 0.2) is 5.65 Å². The third-order valence-corrected chi connectivity index (χ3v) is 7.21. The van der Waals surface area contributed by atoms with Crippen molar-refractivity contribution in [1.82, 2.24) is 40.0 Å². The number of aromatic amines is 1. The Morgan fingerprint density at radius 3 is 2.56 bits per heavy atom. The second-order valence-corrected chi connectivity index (χ2v) is 9.28. The van der Waals surface area contributed by atoms with Crippen LogP contribution in [0.1, 0.15) is 47.9 Å². The lowest BCUT2D eigenvalue weighted by Gasteiger charge is -2.38. The van der Waals surface area contributed by atoms with E-state index in [1.807, 2.05) is 35.2 Å². The van der Waals surface area contributed by atoms with E-state index in [1.165, 1.54) is 6.33 Å². The summed E-state index contributed by atoms with van der Waals surface area (Å²) in [6.45, 7) is 0. The molecule has 4 aromatic rings. The fraction of sp³-hybridized carbons (Fsp3) is 0.333. The number of nitrogen functional groups attached to an aromatic ring is 1. The Bertz CT molecular complexity index is 1420. The molecule has 2 aliphatic rings. The minimum atomic E-state index is -0.277. The number of urea groups is 1. The number of aromatic nitrogens is 6. The van der Waals surface area contributed by atoms with Crippen molar-refractivity contribution in [3.8, 4) is 11.1 Å². The van der Waals surface area contributed by atoms with Crippen LogP contribution in [0.5, 0.6) is 0 Å². The normalized spacial score (nSPS) is 21.0. The van der Waals surface area contributed by atoms with Crippen LogP contribution in [-0.2, 0) is 0 Å². The number of nitrogens with zero attached hydrogens (tertiary/aromatic N) is 6. The van der Waals surface area contributed by atoms with E-state index in [4.69, 9.17) is 10.7 Å². The molecule has 3 atom stereocenters. The summed E-state index contributed by atoms with van der Waals surface area (Å²) in [6, 6.07) is 9.39. The van der Waals surface area contributed by atoms with E-state index in [2.05, 4.69) is 30.9 Å². The molecular formula is C24H26N10O2. The highest BCUT2D eigenvalue weighted by atomic mass is 16.2. The minimum absolute atomic E-state index is 0.0891. The van der Waals surface area contributed by atoms with E-state index in [0.717, 1.165) is 42.5 Å². The van der Waals surface area contributed by atoms with Crippen molar-refractivity contribution in [2.75, 3.05) is 18.1 Å². The first-order chi connectivity index (χ1) is 17.5. The van der Waals surface area contributed by atoms with Crippen molar-refractivity contribution >= 4 is 29.1 Å². The zero-order valence-corrected chi connectivity index (χ0v) is 19.7. The van der Waals surface area contributed by atoms with Crippen LogP contribution in [0.4, 0.5) is 16.3 Å². The van der Waals surface area contributed by atoms with Crippen LogP contribution < -0.4 is 16.4 Å². The molecule has 0 radical (unpaired) electrons. The SMILES string of the molecule is CNC(=O)Nc1ccc(-c2cnn3c(N)cc([C@H]4C[C@H]5CC[C@@H](C4)N5C(=O)c4nnc[nH]4)nc23)cc1. The monoisotopic (exact) mass is 486 g/mol. The number of hydrogen-bond acceptors (Lipinski definition) is 7. The van der Waals surface area contributed by atoms with Gasteiger partial charge in [-0.3, -0.25) is 4.79 Å². The molecular weight excluding hydrogens is 460 g/mol. The molecule has 36 heavy (non-hydrogen) atoms. The summed E-state index contributed by atoms with van der Waals surface area (Å²) in [5.74, 6) is 0.908. The Kier molecular flexibility index (Phi) is 5.28. The van der Waals surface area contributed by atoms with Gasteiger partial charge in [-0.15, -0.1) is 10.2 Å². The smallest absolute Gasteiger partial charge is 0.318 e. The van der Waals surface area contributed by atoms with Gasteiger partial charge in [0, 0.05) is 48.1 Å². The molecule has 2 aliphatic heterocycles. The molecule has 3 aromatic heterocycles. The van der Waals surface area contributed by atoms with E-state index in [-0.39, 0.29) is 35.8 Å². The Morgan fingerprint density at radius 2 is 1.89 bits per heavy atom. The van der Waals surface area contributed by atoms with Crippen molar-refractivity contribution < 1.29 is 9.59 Å². The van der Waals surface area contributed by atoms with Gasteiger partial charge in [0.2, 0.25) is 5.82 Å². The highest BCUT2D eigenvalue weighted by molar-refractivity contribution is 5.91. The number of benzene rings is 1. The predicted molar refractivity (Wildman–Crippen MR) is 132 cm³/mol. The molecule has 0 saturated carbocycles. The Balaban J connectivity index is 1.28. The summed E-state index contributed by atoms with van der Waals surface area (Å²) in [7, 11) is 1.57. The molecule has 2 bridgehead atoms. The third kappa shape index (κ3) is 3.70. The largest absolute Gasteiger partial charge is 0.384 e. The maximum absolute atomic E-state index is 13.0. The molecule has 2 fully saturated rings. The van der Waals surface area contributed by atoms with Crippen LogP contribution in [0.15, 0.2) is 42.9 Å². The van der Waals surface area contributed by atoms with Gasteiger partial charge >= 0.3 is 6.03 Å². The molecule has 12 nitrogen and oxygen atoms in total. The van der Waals surface area contributed by atoms with Gasteiger partial charge in [0.05, 0.1) is 6.20 Å².